The molecule has 4 heteroatoms. The summed E-state index contributed by atoms with van der Waals surface area (Å²) in [6.45, 7) is 6.70. The Hall–Kier alpha value is -1.13. The highest BCUT2D eigenvalue weighted by Crippen LogP contribution is 2.25. The van der Waals surface area contributed by atoms with E-state index in [0.717, 1.165) is 37.3 Å². The van der Waals surface area contributed by atoms with Crippen LogP contribution in [0.15, 0.2) is 18.2 Å². The summed E-state index contributed by atoms with van der Waals surface area (Å²) in [5.41, 5.74) is 7.61. The molecule has 0 heterocycles. The largest absolute Gasteiger partial charge is 0.369 e. The maximum atomic E-state index is 14.2. The van der Waals surface area contributed by atoms with E-state index in [1.54, 1.807) is 6.07 Å². The predicted molar refractivity (Wildman–Crippen MR) is 84.8 cm³/mol. The second-order valence-corrected chi connectivity index (χ2v) is 5.67. The van der Waals surface area contributed by atoms with E-state index in [4.69, 9.17) is 5.73 Å². The SMILES string of the molecule is CCN(CCCN(C)C)c1c(F)cccc1CC(C)N. The molecule has 1 aromatic carbocycles. The van der Waals surface area contributed by atoms with E-state index < -0.39 is 0 Å². The van der Waals surface area contributed by atoms with Gasteiger partial charge in [0.2, 0.25) is 0 Å². The third-order valence-corrected chi connectivity index (χ3v) is 3.34. The zero-order valence-electron chi connectivity index (χ0n) is 13.2. The quantitative estimate of drug-likeness (QED) is 0.794. The molecule has 0 saturated heterocycles. The van der Waals surface area contributed by atoms with Crippen molar-refractivity contribution in [2.75, 3.05) is 38.6 Å². The molecule has 2 N–H and O–H groups in total. The fourth-order valence-corrected chi connectivity index (χ4v) is 2.43. The average Bonchev–Trinajstić information content (AvgIpc) is 2.35. The molecule has 0 radical (unpaired) electrons. The second kappa shape index (κ2) is 8.22. The molecule has 0 fully saturated rings. The number of para-hydroxylation sites is 1. The van der Waals surface area contributed by atoms with Crippen molar-refractivity contribution in [3.8, 4) is 0 Å². The van der Waals surface area contributed by atoms with Crippen LogP contribution in [0.4, 0.5) is 10.1 Å². The van der Waals surface area contributed by atoms with Crippen molar-refractivity contribution in [1.29, 1.82) is 0 Å². The van der Waals surface area contributed by atoms with E-state index in [1.807, 2.05) is 13.0 Å². The Bertz CT molecular complexity index is 405. The highest BCUT2D eigenvalue weighted by molar-refractivity contribution is 5.55. The molecule has 1 unspecified atom stereocenters. The van der Waals surface area contributed by atoms with Gasteiger partial charge < -0.3 is 15.5 Å². The summed E-state index contributed by atoms with van der Waals surface area (Å²) < 4.78 is 14.2. The fourth-order valence-electron chi connectivity index (χ4n) is 2.43. The normalized spacial score (nSPS) is 12.8. The number of halogens is 1. The predicted octanol–water partition coefficient (Wildman–Crippen LogP) is 2.49. The van der Waals surface area contributed by atoms with Crippen LogP contribution >= 0.6 is 0 Å². The maximum Gasteiger partial charge on any atom is 0.146 e. The Kier molecular flexibility index (Phi) is 6.96. The highest BCUT2D eigenvalue weighted by Gasteiger charge is 2.15. The first kappa shape index (κ1) is 16.9. The van der Waals surface area contributed by atoms with Gasteiger partial charge in [-0.15, -0.1) is 0 Å². The van der Waals surface area contributed by atoms with Crippen LogP contribution < -0.4 is 10.6 Å². The smallest absolute Gasteiger partial charge is 0.146 e. The van der Waals surface area contributed by atoms with E-state index in [2.05, 4.69) is 30.8 Å². The van der Waals surface area contributed by atoms with Gasteiger partial charge in [-0.25, -0.2) is 4.39 Å². The van der Waals surface area contributed by atoms with Crippen molar-refractivity contribution < 1.29 is 4.39 Å². The molecule has 3 nitrogen and oxygen atoms in total. The maximum absolute atomic E-state index is 14.2. The first-order valence-electron chi connectivity index (χ1n) is 7.38. The number of hydrogen-bond donors (Lipinski definition) is 1. The van der Waals surface area contributed by atoms with E-state index in [0.29, 0.717) is 6.42 Å². The summed E-state index contributed by atoms with van der Waals surface area (Å²) >= 11 is 0. The van der Waals surface area contributed by atoms with Gasteiger partial charge in [0.05, 0.1) is 5.69 Å². The van der Waals surface area contributed by atoms with Gasteiger partial charge in [0.15, 0.2) is 0 Å². The number of nitrogens with two attached hydrogens (primary N) is 1. The van der Waals surface area contributed by atoms with Gasteiger partial charge in [0, 0.05) is 19.1 Å². The van der Waals surface area contributed by atoms with Crippen molar-refractivity contribution in [2.45, 2.75) is 32.7 Å². The average molecular weight is 281 g/mol. The lowest BCUT2D eigenvalue weighted by atomic mass is 10.0. The number of benzene rings is 1. The minimum atomic E-state index is -0.144. The summed E-state index contributed by atoms with van der Waals surface area (Å²) in [5, 5.41) is 0. The van der Waals surface area contributed by atoms with Gasteiger partial charge in [-0.2, -0.15) is 0 Å². The first-order valence-corrected chi connectivity index (χ1v) is 7.38. The summed E-state index contributed by atoms with van der Waals surface area (Å²) in [5.74, 6) is -0.144. The standard InChI is InChI=1S/C16H28FN3/c1-5-20(11-7-10-19(3)4)16-14(12-13(2)18)8-6-9-15(16)17/h6,8-9,13H,5,7,10-12,18H2,1-4H3. The second-order valence-electron chi connectivity index (χ2n) is 5.67. The molecule has 0 aliphatic carbocycles. The van der Waals surface area contributed by atoms with Gasteiger partial charge in [0.1, 0.15) is 5.82 Å². The Morgan fingerprint density at radius 2 is 1.95 bits per heavy atom. The summed E-state index contributed by atoms with van der Waals surface area (Å²) in [4.78, 5) is 4.27. The lowest BCUT2D eigenvalue weighted by Gasteiger charge is -2.27. The van der Waals surface area contributed by atoms with Gasteiger partial charge in [-0.1, -0.05) is 12.1 Å². The molecule has 114 valence electrons. The lowest BCUT2D eigenvalue weighted by Crippen LogP contribution is -2.29. The lowest BCUT2D eigenvalue weighted by molar-refractivity contribution is 0.400. The molecule has 0 bridgehead atoms. The minimum Gasteiger partial charge on any atom is -0.369 e. The van der Waals surface area contributed by atoms with Crippen LogP contribution in [0.3, 0.4) is 0 Å². The highest BCUT2D eigenvalue weighted by atomic mass is 19.1. The van der Waals surface area contributed by atoms with Gasteiger partial charge in [-0.05, 0) is 59.0 Å². The summed E-state index contributed by atoms with van der Waals surface area (Å²) in [6, 6.07) is 5.32. The molecular formula is C16H28FN3. The van der Waals surface area contributed by atoms with Crippen molar-refractivity contribution in [2.24, 2.45) is 5.73 Å². The molecule has 0 aliphatic heterocycles. The zero-order chi connectivity index (χ0) is 15.1. The first-order chi connectivity index (χ1) is 9.45. The minimum absolute atomic E-state index is 0.0380. The number of hydrogen-bond acceptors (Lipinski definition) is 3. The van der Waals surface area contributed by atoms with Gasteiger partial charge >= 0.3 is 0 Å². The van der Waals surface area contributed by atoms with Crippen LogP contribution in [0.25, 0.3) is 0 Å². The number of anilines is 1. The Balaban J connectivity index is 2.89. The number of nitrogens with zero attached hydrogens (tertiary/aromatic N) is 2. The molecule has 1 aromatic rings. The van der Waals surface area contributed by atoms with Crippen LogP contribution in [-0.2, 0) is 6.42 Å². The third kappa shape index (κ3) is 5.10. The third-order valence-electron chi connectivity index (χ3n) is 3.34. The van der Waals surface area contributed by atoms with Crippen LogP contribution in [0.1, 0.15) is 25.8 Å². The molecule has 20 heavy (non-hydrogen) atoms. The topological polar surface area (TPSA) is 32.5 Å². The Labute approximate surface area is 122 Å². The summed E-state index contributed by atoms with van der Waals surface area (Å²) in [6.07, 6.45) is 1.73. The van der Waals surface area contributed by atoms with Crippen LogP contribution in [0.2, 0.25) is 0 Å². The van der Waals surface area contributed by atoms with Crippen molar-refractivity contribution in [3.05, 3.63) is 29.6 Å². The number of rotatable bonds is 8. The Morgan fingerprint density at radius 1 is 1.25 bits per heavy atom. The van der Waals surface area contributed by atoms with E-state index in [9.17, 15) is 4.39 Å². The van der Waals surface area contributed by atoms with E-state index >= 15 is 0 Å². The van der Waals surface area contributed by atoms with E-state index in [1.165, 1.54) is 6.07 Å². The molecule has 0 saturated carbocycles. The van der Waals surface area contributed by atoms with Gasteiger partial charge in [-0.3, -0.25) is 0 Å². The molecule has 1 atom stereocenters. The molecule has 0 aromatic heterocycles. The van der Waals surface area contributed by atoms with Crippen molar-refractivity contribution >= 4 is 5.69 Å². The Morgan fingerprint density at radius 3 is 2.50 bits per heavy atom. The molecular weight excluding hydrogens is 253 g/mol. The van der Waals surface area contributed by atoms with Crippen molar-refractivity contribution in [3.63, 3.8) is 0 Å². The van der Waals surface area contributed by atoms with Crippen LogP contribution in [0, 0.1) is 5.82 Å². The van der Waals surface area contributed by atoms with E-state index in [-0.39, 0.29) is 11.9 Å². The molecule has 0 aliphatic rings. The summed E-state index contributed by atoms with van der Waals surface area (Å²) in [7, 11) is 4.11. The van der Waals surface area contributed by atoms with Crippen LogP contribution in [-0.4, -0.2) is 44.7 Å². The molecule has 0 spiro atoms. The van der Waals surface area contributed by atoms with Crippen molar-refractivity contribution in [1.82, 2.24) is 4.90 Å². The fraction of sp³-hybridized carbons (Fsp3) is 0.625. The monoisotopic (exact) mass is 281 g/mol. The molecule has 1 rings (SSSR count). The van der Waals surface area contributed by atoms with Crippen LogP contribution in [0.5, 0.6) is 0 Å². The van der Waals surface area contributed by atoms with Gasteiger partial charge in [0.25, 0.3) is 0 Å². The molecule has 0 amide bonds. The zero-order valence-corrected chi connectivity index (χ0v) is 13.2.